The van der Waals surface area contributed by atoms with Crippen LogP contribution in [0.15, 0.2) is 51.4 Å². The highest BCUT2D eigenvalue weighted by Gasteiger charge is 2.34. The van der Waals surface area contributed by atoms with E-state index in [0.717, 1.165) is 28.9 Å². The topological polar surface area (TPSA) is 74.8 Å². The van der Waals surface area contributed by atoms with Crippen LogP contribution in [0.1, 0.15) is 55.2 Å². The number of thiazole rings is 1. The summed E-state index contributed by atoms with van der Waals surface area (Å²) in [6, 6.07) is 8.89. The monoisotopic (exact) mass is 493 g/mol. The molecule has 0 spiro atoms. The summed E-state index contributed by atoms with van der Waals surface area (Å²) in [7, 11) is 3.61. The molecule has 0 amide bonds. The number of ether oxygens (including phenoxy) is 2. The molecule has 0 unspecified atom stereocenters. The Bertz CT molecular complexity index is 1490. The van der Waals surface area contributed by atoms with E-state index in [1.165, 1.54) is 11.3 Å². The summed E-state index contributed by atoms with van der Waals surface area (Å²) in [5, 5.41) is 0. The van der Waals surface area contributed by atoms with Crippen LogP contribution in [0.5, 0.6) is 5.75 Å². The van der Waals surface area contributed by atoms with Gasteiger partial charge in [-0.25, -0.2) is 9.79 Å². The number of aromatic nitrogens is 2. The fourth-order valence-electron chi connectivity index (χ4n) is 4.42. The second-order valence-corrected chi connectivity index (χ2v) is 9.58. The van der Waals surface area contributed by atoms with Crippen molar-refractivity contribution in [3.8, 4) is 5.75 Å². The summed E-state index contributed by atoms with van der Waals surface area (Å²) in [5.41, 5.74) is 4.86. The molecule has 0 saturated carbocycles. The lowest BCUT2D eigenvalue weighted by Gasteiger charge is -2.26. The van der Waals surface area contributed by atoms with Gasteiger partial charge in [-0.05, 0) is 62.6 Å². The largest absolute Gasteiger partial charge is 0.497 e. The molecule has 1 aliphatic heterocycles. The lowest BCUT2D eigenvalue weighted by atomic mass is 9.94. The number of nitrogens with zero attached hydrogens (tertiary/aromatic N) is 3. The van der Waals surface area contributed by atoms with Gasteiger partial charge in [-0.3, -0.25) is 9.36 Å². The molecule has 2 aromatic heterocycles. The van der Waals surface area contributed by atoms with E-state index < -0.39 is 12.0 Å². The third-order valence-corrected chi connectivity index (χ3v) is 7.39. The minimum atomic E-state index is -0.650. The van der Waals surface area contributed by atoms with E-state index in [-0.39, 0.29) is 12.2 Å². The fraction of sp³-hybridized carbons (Fsp3) is 0.370. The number of hydrogen-bond acceptors (Lipinski definition) is 6. The summed E-state index contributed by atoms with van der Waals surface area (Å²) in [6.07, 6.45) is 3.34. The van der Waals surface area contributed by atoms with Crippen molar-refractivity contribution in [2.45, 2.75) is 46.6 Å². The summed E-state index contributed by atoms with van der Waals surface area (Å²) < 4.78 is 15.2. The van der Waals surface area contributed by atoms with Crippen molar-refractivity contribution in [3.63, 3.8) is 0 Å². The van der Waals surface area contributed by atoms with Crippen LogP contribution in [-0.4, -0.2) is 28.8 Å². The molecule has 0 radical (unpaired) electrons. The second-order valence-electron chi connectivity index (χ2n) is 8.58. The molecule has 184 valence electrons. The van der Waals surface area contributed by atoms with E-state index in [9.17, 15) is 9.59 Å². The normalized spacial score (nSPS) is 15.7. The number of esters is 1. The first-order valence-corrected chi connectivity index (χ1v) is 12.6. The van der Waals surface area contributed by atoms with Crippen LogP contribution in [0.3, 0.4) is 0 Å². The van der Waals surface area contributed by atoms with Gasteiger partial charge in [0.15, 0.2) is 4.80 Å². The van der Waals surface area contributed by atoms with Crippen molar-refractivity contribution < 1.29 is 14.3 Å². The lowest BCUT2D eigenvalue weighted by molar-refractivity contribution is -0.139. The standard InChI is InChI=1S/C27H31N3O4S/c1-7-10-21-23(26(32)34-8-2)24(18-11-9-12-20(14-18)33-6)30-25(31)22(35-27(30)28-21)15-19-13-16(3)29(5)17(19)4/h9,11-15,24H,7-8,10H2,1-6H3/b22-15+/t24-/m1/s1. The maximum atomic E-state index is 13.8. The Kier molecular flexibility index (Phi) is 7.12. The Balaban J connectivity index is 2.02. The molecule has 35 heavy (non-hydrogen) atoms. The summed E-state index contributed by atoms with van der Waals surface area (Å²) in [5.74, 6) is 0.202. The van der Waals surface area contributed by atoms with Crippen LogP contribution in [0.25, 0.3) is 6.08 Å². The molecule has 1 atom stereocenters. The Labute approximate surface area is 208 Å². The van der Waals surface area contributed by atoms with Crippen LogP contribution in [0, 0.1) is 13.8 Å². The van der Waals surface area contributed by atoms with Gasteiger partial charge in [-0.1, -0.05) is 36.8 Å². The number of hydrogen-bond donors (Lipinski definition) is 0. The first-order valence-electron chi connectivity index (χ1n) is 11.8. The zero-order chi connectivity index (χ0) is 25.3. The summed E-state index contributed by atoms with van der Waals surface area (Å²) in [6.45, 7) is 8.13. The average Bonchev–Trinajstić information content (AvgIpc) is 3.28. The van der Waals surface area contributed by atoms with Gasteiger partial charge in [-0.15, -0.1) is 0 Å². The molecule has 1 aliphatic rings. The van der Waals surface area contributed by atoms with Crippen molar-refractivity contribution in [2.75, 3.05) is 13.7 Å². The predicted octanol–water partition coefficient (Wildman–Crippen LogP) is 3.54. The molecule has 3 heterocycles. The smallest absolute Gasteiger partial charge is 0.338 e. The lowest BCUT2D eigenvalue weighted by Crippen LogP contribution is -2.40. The van der Waals surface area contributed by atoms with E-state index in [2.05, 4.69) is 10.6 Å². The van der Waals surface area contributed by atoms with Gasteiger partial charge >= 0.3 is 5.97 Å². The zero-order valence-corrected chi connectivity index (χ0v) is 21.9. The third kappa shape index (κ3) is 4.50. The van der Waals surface area contributed by atoms with Crippen LogP contribution in [0.4, 0.5) is 0 Å². The number of allylic oxidation sites excluding steroid dienone is 1. The Morgan fingerprint density at radius 3 is 2.63 bits per heavy atom. The summed E-state index contributed by atoms with van der Waals surface area (Å²) >= 11 is 1.35. The first kappa shape index (κ1) is 24.7. The quantitative estimate of drug-likeness (QED) is 0.472. The molecule has 0 N–H and O–H groups in total. The maximum Gasteiger partial charge on any atom is 0.338 e. The molecule has 8 heteroatoms. The number of fused-ring (bicyclic) bond motifs is 1. The molecule has 4 rings (SSSR count). The number of rotatable bonds is 7. The molecule has 0 bridgehead atoms. The molecule has 0 saturated heterocycles. The van der Waals surface area contributed by atoms with Gasteiger partial charge in [0.05, 0.1) is 35.6 Å². The maximum absolute atomic E-state index is 13.8. The minimum Gasteiger partial charge on any atom is -0.497 e. The van der Waals surface area contributed by atoms with E-state index >= 15 is 0 Å². The minimum absolute atomic E-state index is 0.181. The molecule has 1 aromatic carbocycles. The van der Waals surface area contributed by atoms with E-state index in [1.54, 1.807) is 18.6 Å². The van der Waals surface area contributed by atoms with E-state index in [0.29, 0.717) is 32.8 Å². The van der Waals surface area contributed by atoms with E-state index in [1.807, 2.05) is 58.2 Å². The number of methoxy groups -OCH3 is 1. The van der Waals surface area contributed by atoms with Gasteiger partial charge in [-0.2, -0.15) is 0 Å². The Morgan fingerprint density at radius 2 is 2.00 bits per heavy atom. The van der Waals surface area contributed by atoms with Gasteiger partial charge in [0, 0.05) is 18.4 Å². The van der Waals surface area contributed by atoms with Crippen molar-refractivity contribution in [3.05, 3.63) is 83.8 Å². The highest BCUT2D eigenvalue weighted by molar-refractivity contribution is 7.07. The van der Waals surface area contributed by atoms with Gasteiger partial charge in [0.1, 0.15) is 5.75 Å². The van der Waals surface area contributed by atoms with Gasteiger partial charge in [0.2, 0.25) is 0 Å². The number of benzene rings is 1. The molecular weight excluding hydrogens is 462 g/mol. The Morgan fingerprint density at radius 1 is 1.23 bits per heavy atom. The van der Waals surface area contributed by atoms with Crippen LogP contribution < -0.4 is 19.6 Å². The summed E-state index contributed by atoms with van der Waals surface area (Å²) in [4.78, 5) is 32.4. The SMILES string of the molecule is CCCC1=C(C(=O)OCC)[C@@H](c2cccc(OC)c2)n2c(s/c(=C/c3cc(C)n(C)c3C)c2=O)=N1. The first-order chi connectivity index (χ1) is 16.8. The number of carbonyl (C=O) groups is 1. The molecular formula is C27H31N3O4S. The second kappa shape index (κ2) is 10.1. The third-order valence-electron chi connectivity index (χ3n) is 6.40. The van der Waals surface area contributed by atoms with Crippen molar-refractivity contribution in [1.82, 2.24) is 9.13 Å². The molecule has 0 fully saturated rings. The zero-order valence-electron chi connectivity index (χ0n) is 21.0. The van der Waals surface area contributed by atoms with Crippen LogP contribution in [0.2, 0.25) is 0 Å². The highest BCUT2D eigenvalue weighted by Crippen LogP contribution is 2.33. The average molecular weight is 494 g/mol. The van der Waals surface area contributed by atoms with Gasteiger partial charge in [0.25, 0.3) is 5.56 Å². The highest BCUT2D eigenvalue weighted by atomic mass is 32.1. The molecule has 7 nitrogen and oxygen atoms in total. The van der Waals surface area contributed by atoms with Crippen molar-refractivity contribution in [1.29, 1.82) is 0 Å². The molecule has 0 aliphatic carbocycles. The predicted molar refractivity (Wildman–Crippen MR) is 138 cm³/mol. The number of aryl methyl sites for hydroxylation is 1. The van der Waals surface area contributed by atoms with E-state index in [4.69, 9.17) is 14.5 Å². The number of carbonyl (C=O) groups excluding carboxylic acids is 1. The van der Waals surface area contributed by atoms with Crippen molar-refractivity contribution in [2.24, 2.45) is 12.0 Å². The fourth-order valence-corrected chi connectivity index (χ4v) is 5.43. The van der Waals surface area contributed by atoms with Crippen LogP contribution in [-0.2, 0) is 16.6 Å². The Hall–Kier alpha value is -3.39. The molecule has 3 aromatic rings. The van der Waals surface area contributed by atoms with Crippen molar-refractivity contribution >= 4 is 23.4 Å². The van der Waals surface area contributed by atoms with Gasteiger partial charge < -0.3 is 14.0 Å². The van der Waals surface area contributed by atoms with Crippen LogP contribution >= 0.6 is 11.3 Å².